The maximum atomic E-state index is 13.8. The van der Waals surface area contributed by atoms with E-state index in [1.165, 1.54) is 23.6 Å². The summed E-state index contributed by atoms with van der Waals surface area (Å²) in [5, 5.41) is 14.7. The van der Waals surface area contributed by atoms with E-state index in [0.29, 0.717) is 16.3 Å². The van der Waals surface area contributed by atoms with Gasteiger partial charge in [-0.05, 0) is 24.6 Å². The summed E-state index contributed by atoms with van der Waals surface area (Å²) in [5.41, 5.74) is 3.45. The normalized spacial score (nSPS) is 11.1. The molecule has 0 aliphatic rings. The molecule has 0 radical (unpaired) electrons. The molecule has 0 spiro atoms. The van der Waals surface area contributed by atoms with Crippen molar-refractivity contribution in [1.29, 1.82) is 5.26 Å². The quantitative estimate of drug-likeness (QED) is 0.664. The van der Waals surface area contributed by atoms with Crippen LogP contribution in [0, 0.1) is 24.1 Å². The first-order valence-corrected chi connectivity index (χ1v) is 8.19. The van der Waals surface area contributed by atoms with Gasteiger partial charge in [0.15, 0.2) is 0 Å². The van der Waals surface area contributed by atoms with Crippen LogP contribution in [-0.4, -0.2) is 4.98 Å². The number of thiazole rings is 1. The Labute approximate surface area is 143 Å². The lowest BCUT2D eigenvalue weighted by Gasteiger charge is -2.04. The van der Waals surface area contributed by atoms with Crippen LogP contribution < -0.4 is 5.32 Å². The Kier molecular flexibility index (Phi) is 4.69. The van der Waals surface area contributed by atoms with Gasteiger partial charge >= 0.3 is 0 Å². The number of aromatic nitrogens is 1. The smallest absolute Gasteiger partial charge is 0.146 e. The van der Waals surface area contributed by atoms with Crippen molar-refractivity contribution in [1.82, 2.24) is 4.98 Å². The zero-order valence-electron chi connectivity index (χ0n) is 13.0. The molecule has 1 heterocycles. The Bertz CT molecular complexity index is 923. The van der Waals surface area contributed by atoms with Gasteiger partial charge in [-0.3, -0.25) is 0 Å². The standard InChI is InChI=1S/C19H14FN3S/c1-13-7-8-16(20)17(9-13)22-11-15(10-21)19-23-18(12-24-19)14-5-3-2-4-6-14/h2-9,11-12,22H,1H3. The number of anilines is 1. The minimum absolute atomic E-state index is 0.336. The lowest BCUT2D eigenvalue weighted by atomic mass is 10.2. The van der Waals surface area contributed by atoms with Crippen LogP contribution in [0.5, 0.6) is 0 Å². The van der Waals surface area contributed by atoms with Crippen LogP contribution in [0.2, 0.25) is 0 Å². The molecule has 0 aliphatic carbocycles. The second-order valence-corrected chi connectivity index (χ2v) is 6.06. The number of hydrogen-bond acceptors (Lipinski definition) is 4. The summed E-state index contributed by atoms with van der Waals surface area (Å²) in [6.07, 6.45) is 1.49. The predicted molar refractivity (Wildman–Crippen MR) is 95.9 cm³/mol. The van der Waals surface area contributed by atoms with Crippen LogP contribution in [0.3, 0.4) is 0 Å². The maximum Gasteiger partial charge on any atom is 0.146 e. The fourth-order valence-corrected chi connectivity index (χ4v) is 2.98. The molecule has 1 N–H and O–H groups in total. The van der Waals surface area contributed by atoms with Gasteiger partial charge in [0.05, 0.1) is 11.4 Å². The second kappa shape index (κ2) is 7.07. The largest absolute Gasteiger partial charge is 0.358 e. The Balaban J connectivity index is 1.86. The lowest BCUT2D eigenvalue weighted by molar-refractivity contribution is 0.631. The highest BCUT2D eigenvalue weighted by atomic mass is 32.1. The molecule has 0 saturated carbocycles. The molecular formula is C19H14FN3S. The zero-order valence-corrected chi connectivity index (χ0v) is 13.8. The van der Waals surface area contributed by atoms with Crippen molar-refractivity contribution < 1.29 is 4.39 Å². The Morgan fingerprint density at radius 3 is 2.79 bits per heavy atom. The van der Waals surface area contributed by atoms with Crippen molar-refractivity contribution in [2.45, 2.75) is 6.92 Å². The molecule has 3 aromatic rings. The molecular weight excluding hydrogens is 321 g/mol. The number of rotatable bonds is 4. The summed E-state index contributed by atoms with van der Waals surface area (Å²) in [7, 11) is 0. The van der Waals surface area contributed by atoms with E-state index < -0.39 is 0 Å². The monoisotopic (exact) mass is 335 g/mol. The van der Waals surface area contributed by atoms with Crippen LogP contribution in [0.4, 0.5) is 10.1 Å². The molecule has 0 aliphatic heterocycles. The number of nitrogens with one attached hydrogen (secondary N) is 1. The van der Waals surface area contributed by atoms with E-state index in [1.54, 1.807) is 12.1 Å². The van der Waals surface area contributed by atoms with Crippen LogP contribution in [0.1, 0.15) is 10.6 Å². The van der Waals surface area contributed by atoms with Gasteiger partial charge in [-0.2, -0.15) is 5.26 Å². The van der Waals surface area contributed by atoms with Crippen molar-refractivity contribution in [3.63, 3.8) is 0 Å². The van der Waals surface area contributed by atoms with E-state index in [4.69, 9.17) is 0 Å². The molecule has 1 aromatic heterocycles. The number of halogens is 1. The van der Waals surface area contributed by atoms with Crippen LogP contribution in [0.25, 0.3) is 16.8 Å². The van der Waals surface area contributed by atoms with E-state index in [0.717, 1.165) is 16.8 Å². The van der Waals surface area contributed by atoms with Crippen LogP contribution in [-0.2, 0) is 0 Å². The molecule has 24 heavy (non-hydrogen) atoms. The Morgan fingerprint density at radius 2 is 2.04 bits per heavy atom. The number of hydrogen-bond donors (Lipinski definition) is 1. The summed E-state index contributed by atoms with van der Waals surface area (Å²) in [5.74, 6) is -0.363. The topological polar surface area (TPSA) is 48.7 Å². The third kappa shape index (κ3) is 3.50. The van der Waals surface area contributed by atoms with Gasteiger partial charge < -0.3 is 5.32 Å². The first-order chi connectivity index (χ1) is 11.7. The molecule has 0 atom stereocenters. The molecule has 3 nitrogen and oxygen atoms in total. The average molecular weight is 335 g/mol. The number of nitriles is 1. The van der Waals surface area contributed by atoms with Crippen molar-refractivity contribution in [3.8, 4) is 17.3 Å². The van der Waals surface area contributed by atoms with E-state index in [-0.39, 0.29) is 5.82 Å². The van der Waals surface area contributed by atoms with Gasteiger partial charge in [0, 0.05) is 17.1 Å². The minimum atomic E-state index is -0.363. The first-order valence-electron chi connectivity index (χ1n) is 7.31. The molecule has 3 rings (SSSR count). The summed E-state index contributed by atoms with van der Waals surface area (Å²) in [4.78, 5) is 4.50. The van der Waals surface area contributed by atoms with Crippen molar-refractivity contribution in [2.75, 3.05) is 5.32 Å². The highest BCUT2D eigenvalue weighted by Crippen LogP contribution is 2.26. The number of allylic oxidation sites excluding steroid dienone is 1. The SMILES string of the molecule is Cc1ccc(F)c(NC=C(C#N)c2nc(-c3ccccc3)cs2)c1. The van der Waals surface area contributed by atoms with E-state index >= 15 is 0 Å². The maximum absolute atomic E-state index is 13.8. The third-order valence-electron chi connectivity index (χ3n) is 3.42. The lowest BCUT2D eigenvalue weighted by Crippen LogP contribution is -1.94. The molecule has 0 saturated heterocycles. The molecule has 0 unspecified atom stereocenters. The molecule has 5 heteroatoms. The molecule has 0 fully saturated rings. The highest BCUT2D eigenvalue weighted by molar-refractivity contribution is 7.11. The van der Waals surface area contributed by atoms with Crippen LogP contribution >= 0.6 is 11.3 Å². The fraction of sp³-hybridized carbons (Fsp3) is 0.0526. The number of nitrogens with zero attached hydrogens (tertiary/aromatic N) is 2. The Morgan fingerprint density at radius 1 is 1.25 bits per heavy atom. The van der Waals surface area contributed by atoms with Gasteiger partial charge in [0.25, 0.3) is 0 Å². The number of aryl methyl sites for hydroxylation is 1. The van der Waals surface area contributed by atoms with Gasteiger partial charge in [0.1, 0.15) is 22.5 Å². The zero-order chi connectivity index (χ0) is 16.9. The first kappa shape index (κ1) is 15.9. The van der Waals surface area contributed by atoms with E-state index in [2.05, 4.69) is 16.4 Å². The minimum Gasteiger partial charge on any atom is -0.358 e. The summed E-state index contributed by atoms with van der Waals surface area (Å²) in [6.45, 7) is 1.88. The number of benzene rings is 2. The molecule has 0 amide bonds. The van der Waals surface area contributed by atoms with Gasteiger partial charge in [-0.25, -0.2) is 9.37 Å². The van der Waals surface area contributed by atoms with Gasteiger partial charge in [-0.1, -0.05) is 36.4 Å². The Hall–Kier alpha value is -2.97. The summed E-state index contributed by atoms with van der Waals surface area (Å²) < 4.78 is 13.8. The van der Waals surface area contributed by atoms with E-state index in [9.17, 15) is 9.65 Å². The summed E-state index contributed by atoms with van der Waals surface area (Å²) >= 11 is 1.38. The highest BCUT2D eigenvalue weighted by Gasteiger charge is 2.09. The van der Waals surface area contributed by atoms with E-state index in [1.807, 2.05) is 42.6 Å². The van der Waals surface area contributed by atoms with Crippen LogP contribution in [0.15, 0.2) is 60.1 Å². The van der Waals surface area contributed by atoms with Gasteiger partial charge in [-0.15, -0.1) is 11.3 Å². The average Bonchev–Trinajstić information content (AvgIpc) is 3.09. The van der Waals surface area contributed by atoms with Crippen molar-refractivity contribution in [2.24, 2.45) is 0 Å². The second-order valence-electron chi connectivity index (χ2n) is 5.20. The molecule has 118 valence electrons. The van der Waals surface area contributed by atoms with Gasteiger partial charge in [0.2, 0.25) is 0 Å². The molecule has 0 bridgehead atoms. The molecule has 2 aromatic carbocycles. The van der Waals surface area contributed by atoms with Crippen molar-refractivity contribution >= 4 is 22.6 Å². The van der Waals surface area contributed by atoms with Crippen molar-refractivity contribution in [3.05, 3.63) is 76.5 Å². The summed E-state index contributed by atoms with van der Waals surface area (Å²) in [6, 6.07) is 16.7. The predicted octanol–water partition coefficient (Wildman–Crippen LogP) is 5.23. The fourth-order valence-electron chi connectivity index (χ4n) is 2.18. The third-order valence-corrected chi connectivity index (χ3v) is 4.29.